The number of hydrogen-bond acceptors (Lipinski definition) is 3. The highest BCUT2D eigenvalue weighted by Gasteiger charge is 2.06. The minimum absolute atomic E-state index is 0.160. The van der Waals surface area contributed by atoms with Gasteiger partial charge >= 0.3 is 0 Å². The molecule has 0 spiro atoms. The molecular formula is C4H5NO2S. The van der Waals surface area contributed by atoms with E-state index in [1.165, 1.54) is 11.7 Å². The molecule has 4 heteroatoms. The maximum Gasteiger partial charge on any atom is 0.0960 e. The van der Waals surface area contributed by atoms with Crippen molar-refractivity contribution < 1.29 is 9.32 Å². The Kier molecular flexibility index (Phi) is 1.55. The lowest BCUT2D eigenvalue weighted by Crippen LogP contribution is -1.94. The lowest BCUT2D eigenvalue weighted by molar-refractivity contribution is 0.339. The number of nitrogens with zero attached hydrogens (tertiary/aromatic N) is 1. The monoisotopic (exact) mass is 131 g/mol. The molecule has 0 aromatic carbocycles. The largest absolute Gasteiger partial charge is 0.391 e. The Hall–Kier alpha value is -0.480. The second-order valence-corrected chi connectivity index (χ2v) is 2.64. The summed E-state index contributed by atoms with van der Waals surface area (Å²) < 4.78 is 10.5. The second-order valence-electron chi connectivity index (χ2n) is 1.31. The molecule has 0 amide bonds. The van der Waals surface area contributed by atoms with Crippen molar-refractivity contribution in [3.63, 3.8) is 0 Å². The van der Waals surface area contributed by atoms with Crippen LogP contribution in [-0.2, 0) is 10.8 Å². The Morgan fingerprint density at radius 3 is 2.88 bits per heavy atom. The number of hydrogen-bond donors (Lipinski definition) is 1. The van der Waals surface area contributed by atoms with Crippen molar-refractivity contribution in [2.75, 3.05) is 6.61 Å². The first-order chi connectivity index (χ1) is 3.84. The standard InChI is InChI=1S/C4H5NO2S/c6-2-4-1-5-3-8(4)7/h1,3,6H,2H2. The van der Waals surface area contributed by atoms with Crippen LogP contribution in [-0.4, -0.2) is 21.5 Å². The molecule has 3 nitrogen and oxygen atoms in total. The molecule has 0 saturated heterocycles. The van der Waals surface area contributed by atoms with Crippen molar-refractivity contribution in [1.82, 2.24) is 0 Å². The molecular weight excluding hydrogens is 126 g/mol. The summed E-state index contributed by atoms with van der Waals surface area (Å²) >= 11 is 0. The van der Waals surface area contributed by atoms with E-state index >= 15 is 0 Å². The molecule has 0 aliphatic carbocycles. The van der Waals surface area contributed by atoms with E-state index in [4.69, 9.17) is 5.11 Å². The third kappa shape index (κ3) is 0.850. The molecule has 0 fully saturated rings. The lowest BCUT2D eigenvalue weighted by Gasteiger charge is -1.86. The maximum absolute atomic E-state index is 10.5. The normalized spacial score (nSPS) is 26.1. The molecule has 8 heavy (non-hydrogen) atoms. The van der Waals surface area contributed by atoms with Crippen LogP contribution in [0.25, 0.3) is 0 Å². The van der Waals surface area contributed by atoms with Gasteiger partial charge in [-0.1, -0.05) is 0 Å². The van der Waals surface area contributed by atoms with Gasteiger partial charge in [0.25, 0.3) is 0 Å². The van der Waals surface area contributed by atoms with Gasteiger partial charge in [0, 0.05) is 6.20 Å². The molecule has 0 bridgehead atoms. The predicted molar refractivity (Wildman–Crippen MR) is 31.8 cm³/mol. The molecule has 1 unspecified atom stereocenters. The van der Waals surface area contributed by atoms with Crippen molar-refractivity contribution in [1.29, 1.82) is 0 Å². The third-order valence-corrected chi connectivity index (χ3v) is 1.85. The average Bonchev–Trinajstić information content (AvgIpc) is 2.14. The summed E-state index contributed by atoms with van der Waals surface area (Å²) in [6.45, 7) is -0.160. The number of aliphatic hydroxyl groups is 1. The first-order valence-electron chi connectivity index (χ1n) is 2.08. The zero-order valence-corrected chi connectivity index (χ0v) is 4.89. The zero-order valence-electron chi connectivity index (χ0n) is 4.07. The van der Waals surface area contributed by atoms with Gasteiger partial charge < -0.3 is 5.11 Å². The Balaban J connectivity index is 2.73. The van der Waals surface area contributed by atoms with Crippen LogP contribution in [0.3, 0.4) is 0 Å². The Labute approximate surface area is 49.2 Å². The Morgan fingerprint density at radius 2 is 2.62 bits per heavy atom. The van der Waals surface area contributed by atoms with E-state index in [9.17, 15) is 4.21 Å². The van der Waals surface area contributed by atoms with Crippen molar-refractivity contribution in [3.8, 4) is 0 Å². The minimum atomic E-state index is -1.14. The summed E-state index contributed by atoms with van der Waals surface area (Å²) in [5, 5.41) is 8.40. The molecule has 1 rings (SSSR count). The second kappa shape index (κ2) is 2.19. The summed E-state index contributed by atoms with van der Waals surface area (Å²) in [4.78, 5) is 4.05. The fourth-order valence-electron chi connectivity index (χ4n) is 0.393. The third-order valence-electron chi connectivity index (χ3n) is 0.789. The van der Waals surface area contributed by atoms with Gasteiger partial charge in [-0.25, -0.2) is 4.21 Å². The molecule has 0 aromatic rings. The average molecular weight is 131 g/mol. The van der Waals surface area contributed by atoms with Crippen molar-refractivity contribution in [3.05, 3.63) is 11.1 Å². The van der Waals surface area contributed by atoms with Crippen LogP contribution < -0.4 is 0 Å². The molecule has 1 N–H and O–H groups in total. The van der Waals surface area contributed by atoms with E-state index in [-0.39, 0.29) is 6.61 Å². The summed E-state index contributed by atoms with van der Waals surface area (Å²) in [5.41, 5.74) is 1.30. The van der Waals surface area contributed by atoms with E-state index in [0.717, 1.165) is 0 Å². The van der Waals surface area contributed by atoms with E-state index in [1.54, 1.807) is 0 Å². The highest BCUT2D eigenvalue weighted by molar-refractivity contribution is 8.02. The van der Waals surface area contributed by atoms with Crippen molar-refractivity contribution in [2.24, 2.45) is 4.99 Å². The van der Waals surface area contributed by atoms with Crippen molar-refractivity contribution in [2.45, 2.75) is 0 Å². The molecule has 0 aromatic heterocycles. The van der Waals surface area contributed by atoms with Gasteiger partial charge in [0.2, 0.25) is 0 Å². The fourth-order valence-corrected chi connectivity index (χ4v) is 0.992. The minimum Gasteiger partial charge on any atom is -0.391 e. The van der Waals surface area contributed by atoms with E-state index in [0.29, 0.717) is 4.91 Å². The SMILES string of the molecule is O=S1C=NC=C1CO. The van der Waals surface area contributed by atoms with E-state index in [1.807, 2.05) is 0 Å². The summed E-state index contributed by atoms with van der Waals surface area (Å²) in [5.74, 6) is 0. The highest BCUT2D eigenvalue weighted by Crippen LogP contribution is 2.04. The molecule has 44 valence electrons. The summed E-state index contributed by atoms with van der Waals surface area (Å²) in [6.07, 6.45) is 1.41. The van der Waals surface area contributed by atoms with Crippen LogP contribution >= 0.6 is 0 Å². The number of aliphatic hydroxyl groups excluding tert-OH is 1. The molecule has 1 atom stereocenters. The van der Waals surface area contributed by atoms with Gasteiger partial charge in [0.15, 0.2) is 0 Å². The number of rotatable bonds is 1. The van der Waals surface area contributed by atoms with Crippen LogP contribution in [0.2, 0.25) is 0 Å². The van der Waals surface area contributed by atoms with Crippen LogP contribution in [0.5, 0.6) is 0 Å². The summed E-state index contributed by atoms with van der Waals surface area (Å²) in [6, 6.07) is 0. The number of aliphatic imine (C=N–C) groups is 1. The van der Waals surface area contributed by atoms with Gasteiger partial charge in [-0.3, -0.25) is 4.99 Å². The predicted octanol–water partition coefficient (Wildman–Crippen LogP) is -0.389. The lowest BCUT2D eigenvalue weighted by atomic mass is 10.6. The topological polar surface area (TPSA) is 49.7 Å². The smallest absolute Gasteiger partial charge is 0.0960 e. The van der Waals surface area contributed by atoms with E-state index in [2.05, 4.69) is 4.99 Å². The van der Waals surface area contributed by atoms with Crippen LogP contribution in [0.1, 0.15) is 0 Å². The van der Waals surface area contributed by atoms with Crippen molar-refractivity contribution >= 4 is 16.3 Å². The zero-order chi connectivity index (χ0) is 5.98. The molecule has 1 aliphatic heterocycles. The van der Waals surface area contributed by atoms with Crippen LogP contribution in [0.4, 0.5) is 0 Å². The molecule has 1 aliphatic rings. The van der Waals surface area contributed by atoms with Gasteiger partial charge in [0.05, 0.1) is 27.9 Å². The molecule has 0 saturated carbocycles. The van der Waals surface area contributed by atoms with Gasteiger partial charge in [0.1, 0.15) is 0 Å². The van der Waals surface area contributed by atoms with Crippen LogP contribution in [0, 0.1) is 0 Å². The van der Waals surface area contributed by atoms with E-state index < -0.39 is 10.8 Å². The van der Waals surface area contributed by atoms with Gasteiger partial charge in [-0.2, -0.15) is 0 Å². The molecule has 0 radical (unpaired) electrons. The van der Waals surface area contributed by atoms with Crippen LogP contribution in [0.15, 0.2) is 16.1 Å². The molecule has 1 heterocycles. The summed E-state index contributed by atoms with van der Waals surface area (Å²) in [7, 11) is -1.14. The maximum atomic E-state index is 10.5. The Morgan fingerprint density at radius 1 is 1.88 bits per heavy atom. The highest BCUT2D eigenvalue weighted by atomic mass is 32.2. The quantitative estimate of drug-likeness (QED) is 0.527. The fraction of sp³-hybridized carbons (Fsp3) is 0.250. The first-order valence-corrected chi connectivity index (χ1v) is 3.29. The Bertz CT molecular complexity index is 173. The van der Waals surface area contributed by atoms with Gasteiger partial charge in [-0.05, 0) is 0 Å². The first kappa shape index (κ1) is 5.65. The van der Waals surface area contributed by atoms with Gasteiger partial charge in [-0.15, -0.1) is 0 Å².